The van der Waals surface area contributed by atoms with Crippen LogP contribution in [0.25, 0.3) is 0 Å². The Kier molecular flexibility index (Phi) is 6.51. The summed E-state index contributed by atoms with van der Waals surface area (Å²) >= 11 is 2.27. The van der Waals surface area contributed by atoms with Crippen LogP contribution in [-0.2, 0) is 20.7 Å². The molecule has 0 aliphatic carbocycles. The molecular weight excluding hydrogens is 429 g/mol. The highest BCUT2D eigenvalue weighted by molar-refractivity contribution is 14.1. The lowest BCUT2D eigenvalue weighted by molar-refractivity contribution is -0.168. The summed E-state index contributed by atoms with van der Waals surface area (Å²) in [6, 6.07) is 10.1. The minimum absolute atomic E-state index is 0.0842. The zero-order valence-electron chi connectivity index (χ0n) is 15.5. The predicted molar refractivity (Wildman–Crippen MR) is 108 cm³/mol. The van der Waals surface area contributed by atoms with Crippen LogP contribution in [0.3, 0.4) is 0 Å². The molecule has 2 atom stereocenters. The number of amides is 1. The molecule has 0 aromatic heterocycles. The lowest BCUT2D eigenvalue weighted by Gasteiger charge is -2.31. The predicted octanol–water partition coefficient (Wildman–Crippen LogP) is 3.86. The average Bonchev–Trinajstić information content (AvgIpc) is 2.78. The van der Waals surface area contributed by atoms with Crippen LogP contribution in [0.5, 0.6) is 0 Å². The summed E-state index contributed by atoms with van der Waals surface area (Å²) in [4.78, 5) is 27.6. The minimum atomic E-state index is -0.772. The Bertz CT molecular complexity index is 611. The fourth-order valence-corrected chi connectivity index (χ4v) is 3.95. The van der Waals surface area contributed by atoms with Gasteiger partial charge in [-0.15, -0.1) is 0 Å². The molecule has 1 aliphatic heterocycles. The van der Waals surface area contributed by atoms with E-state index in [1.807, 2.05) is 50.8 Å². The van der Waals surface area contributed by atoms with E-state index in [9.17, 15) is 9.59 Å². The molecule has 2 rings (SSSR count). The van der Waals surface area contributed by atoms with E-state index in [2.05, 4.69) is 34.7 Å². The molecule has 1 saturated heterocycles. The number of halogens is 1. The highest BCUT2D eigenvalue weighted by atomic mass is 127. The molecule has 1 heterocycles. The summed E-state index contributed by atoms with van der Waals surface area (Å²) in [6.45, 7) is 8.56. The molecule has 0 spiro atoms. The lowest BCUT2D eigenvalue weighted by atomic mass is 9.78. The van der Waals surface area contributed by atoms with Crippen molar-refractivity contribution in [3.63, 3.8) is 0 Å². The van der Waals surface area contributed by atoms with Crippen LogP contribution in [0.4, 0.5) is 0 Å². The normalized spacial score (nSPS) is 23.8. The summed E-state index contributed by atoms with van der Waals surface area (Å²) in [5.41, 5.74) is -0.117. The third-order valence-electron chi connectivity index (χ3n) is 4.67. The van der Waals surface area contributed by atoms with Crippen LogP contribution in [-0.4, -0.2) is 39.9 Å². The zero-order valence-corrected chi connectivity index (χ0v) is 17.7. The van der Waals surface area contributed by atoms with E-state index < -0.39 is 11.0 Å². The number of alkyl halides is 1. The van der Waals surface area contributed by atoms with E-state index >= 15 is 0 Å². The first kappa shape index (κ1) is 20.2. The smallest absolute Gasteiger partial charge is 0.314 e. The SMILES string of the molecule is CC(C)(C)OC(=O)[C@]1(C)CN(CCc2ccccc2)C(=O)C1CCI. The molecule has 1 unspecified atom stereocenters. The average molecular weight is 457 g/mol. The first-order valence-electron chi connectivity index (χ1n) is 8.79. The molecule has 0 radical (unpaired) electrons. The van der Waals surface area contributed by atoms with Gasteiger partial charge in [-0.1, -0.05) is 52.9 Å². The Morgan fingerprint density at radius 3 is 2.52 bits per heavy atom. The van der Waals surface area contributed by atoms with Gasteiger partial charge in [-0.25, -0.2) is 0 Å². The monoisotopic (exact) mass is 457 g/mol. The Balaban J connectivity index is 2.14. The molecule has 138 valence electrons. The fraction of sp³-hybridized carbons (Fsp3) is 0.600. The Morgan fingerprint density at radius 1 is 1.32 bits per heavy atom. The van der Waals surface area contributed by atoms with Crippen molar-refractivity contribution in [1.82, 2.24) is 4.90 Å². The van der Waals surface area contributed by atoms with Crippen LogP contribution in [0.15, 0.2) is 30.3 Å². The number of ether oxygens (including phenoxy) is 1. The van der Waals surface area contributed by atoms with Gasteiger partial charge in [-0.05, 0) is 46.1 Å². The van der Waals surface area contributed by atoms with Crippen LogP contribution in [0.1, 0.15) is 39.7 Å². The van der Waals surface area contributed by atoms with Gasteiger partial charge < -0.3 is 9.64 Å². The summed E-state index contributed by atoms with van der Waals surface area (Å²) in [5, 5.41) is 0. The molecule has 1 aliphatic rings. The van der Waals surface area contributed by atoms with Gasteiger partial charge in [-0.2, -0.15) is 0 Å². The van der Waals surface area contributed by atoms with Crippen LogP contribution < -0.4 is 0 Å². The van der Waals surface area contributed by atoms with Gasteiger partial charge in [0.1, 0.15) is 5.60 Å². The molecule has 1 aromatic rings. The molecule has 1 fully saturated rings. The number of hydrogen-bond acceptors (Lipinski definition) is 3. The summed E-state index contributed by atoms with van der Waals surface area (Å²) in [7, 11) is 0. The molecule has 0 N–H and O–H groups in total. The second-order valence-electron chi connectivity index (χ2n) is 7.94. The van der Waals surface area contributed by atoms with Gasteiger partial charge in [0.25, 0.3) is 0 Å². The van der Waals surface area contributed by atoms with Crippen molar-refractivity contribution in [1.29, 1.82) is 0 Å². The fourth-order valence-electron chi connectivity index (χ4n) is 3.33. The maximum Gasteiger partial charge on any atom is 0.314 e. The Hall–Kier alpha value is -1.11. The summed E-state index contributed by atoms with van der Waals surface area (Å²) in [5.74, 6) is -0.471. The quantitative estimate of drug-likeness (QED) is 0.370. The van der Waals surface area contributed by atoms with Gasteiger partial charge >= 0.3 is 5.97 Å². The van der Waals surface area contributed by atoms with Crippen molar-refractivity contribution >= 4 is 34.5 Å². The van der Waals surface area contributed by atoms with Crippen molar-refractivity contribution in [2.24, 2.45) is 11.3 Å². The molecular formula is C20H28INO3. The van der Waals surface area contributed by atoms with Gasteiger partial charge in [-0.3, -0.25) is 9.59 Å². The first-order valence-corrected chi connectivity index (χ1v) is 10.3. The van der Waals surface area contributed by atoms with E-state index in [4.69, 9.17) is 4.74 Å². The van der Waals surface area contributed by atoms with E-state index in [0.717, 1.165) is 10.8 Å². The van der Waals surface area contributed by atoms with E-state index in [1.54, 1.807) is 0 Å². The molecule has 25 heavy (non-hydrogen) atoms. The maximum absolute atomic E-state index is 12.9. The highest BCUT2D eigenvalue weighted by Gasteiger charge is 2.54. The van der Waals surface area contributed by atoms with Gasteiger partial charge in [0.15, 0.2) is 0 Å². The molecule has 1 aromatic carbocycles. The molecule has 1 amide bonds. The number of hydrogen-bond donors (Lipinski definition) is 0. The third kappa shape index (κ3) is 4.96. The van der Waals surface area contributed by atoms with Crippen LogP contribution in [0.2, 0.25) is 0 Å². The van der Waals surface area contributed by atoms with E-state index in [0.29, 0.717) is 19.5 Å². The number of benzene rings is 1. The zero-order chi connectivity index (χ0) is 18.7. The number of esters is 1. The number of rotatable bonds is 6. The van der Waals surface area contributed by atoms with Gasteiger partial charge in [0.2, 0.25) is 5.91 Å². The lowest BCUT2D eigenvalue weighted by Crippen LogP contribution is -2.41. The minimum Gasteiger partial charge on any atom is -0.459 e. The number of carbonyl (C=O) groups excluding carboxylic acids is 2. The summed E-state index contributed by atoms with van der Waals surface area (Å²) in [6.07, 6.45) is 1.50. The molecule has 0 saturated carbocycles. The second-order valence-corrected chi connectivity index (χ2v) is 9.02. The highest BCUT2D eigenvalue weighted by Crippen LogP contribution is 2.41. The van der Waals surface area contributed by atoms with Crippen molar-refractivity contribution in [2.75, 3.05) is 17.5 Å². The van der Waals surface area contributed by atoms with Crippen molar-refractivity contribution in [3.05, 3.63) is 35.9 Å². The number of carbonyl (C=O) groups is 2. The van der Waals surface area contributed by atoms with Crippen molar-refractivity contribution < 1.29 is 14.3 Å². The van der Waals surface area contributed by atoms with Crippen LogP contribution in [0, 0.1) is 11.3 Å². The second kappa shape index (κ2) is 8.06. The van der Waals surface area contributed by atoms with Crippen molar-refractivity contribution in [3.8, 4) is 0 Å². The molecule has 5 heteroatoms. The molecule has 0 bridgehead atoms. The van der Waals surface area contributed by atoms with E-state index in [1.165, 1.54) is 5.56 Å². The van der Waals surface area contributed by atoms with E-state index in [-0.39, 0.29) is 17.8 Å². The topological polar surface area (TPSA) is 46.6 Å². The standard InChI is InChI=1S/C20H28INO3/c1-19(2,3)25-18(24)20(4)14-22(17(23)16(20)10-12-21)13-11-15-8-6-5-7-9-15/h5-9,16H,10-14H2,1-4H3/t16?,20-/m1/s1. The maximum atomic E-state index is 12.9. The summed E-state index contributed by atoms with van der Waals surface area (Å²) < 4.78 is 6.49. The largest absolute Gasteiger partial charge is 0.459 e. The van der Waals surface area contributed by atoms with Crippen molar-refractivity contribution in [2.45, 2.75) is 46.1 Å². The Morgan fingerprint density at radius 2 is 1.96 bits per heavy atom. The Labute approximate surface area is 164 Å². The van der Waals surface area contributed by atoms with Crippen LogP contribution >= 0.6 is 22.6 Å². The number of nitrogens with zero attached hydrogens (tertiary/aromatic N) is 1. The molecule has 4 nitrogen and oxygen atoms in total. The first-order chi connectivity index (χ1) is 11.7. The van der Waals surface area contributed by atoms with Gasteiger partial charge in [0, 0.05) is 17.5 Å². The van der Waals surface area contributed by atoms with Gasteiger partial charge in [0.05, 0.1) is 11.3 Å². The number of likely N-dealkylation sites (tertiary alicyclic amines) is 1. The third-order valence-corrected chi connectivity index (χ3v) is 5.30.